The molecule has 2 N–H and O–H groups in total. The van der Waals surface area contributed by atoms with Crippen LogP contribution in [-0.4, -0.2) is 45.8 Å². The highest BCUT2D eigenvalue weighted by molar-refractivity contribution is 5.92. The Morgan fingerprint density at radius 3 is 2.60 bits per heavy atom. The third-order valence-electron chi connectivity index (χ3n) is 3.39. The fourth-order valence-corrected chi connectivity index (χ4v) is 2.31. The molecule has 1 amide bonds. The fraction of sp³-hybridized carbons (Fsp3) is 0.533. The van der Waals surface area contributed by atoms with Gasteiger partial charge in [-0.05, 0) is 37.1 Å². The minimum absolute atomic E-state index is 0.0324. The van der Waals surface area contributed by atoms with Gasteiger partial charge in [0.25, 0.3) is 0 Å². The molecular weight excluding hydrogens is 254 g/mol. The molecule has 5 nitrogen and oxygen atoms in total. The minimum Gasteiger partial charge on any atom is -0.383 e. The summed E-state index contributed by atoms with van der Waals surface area (Å²) >= 11 is 0. The monoisotopic (exact) mass is 277 g/mol. The van der Waals surface area contributed by atoms with E-state index in [1.165, 1.54) is 18.5 Å². The molecule has 1 aliphatic heterocycles. The van der Waals surface area contributed by atoms with Crippen LogP contribution in [0.1, 0.15) is 12.8 Å². The molecule has 0 radical (unpaired) electrons. The molecule has 1 heterocycles. The Hall–Kier alpha value is -1.59. The van der Waals surface area contributed by atoms with E-state index in [4.69, 9.17) is 4.74 Å². The first kappa shape index (κ1) is 14.8. The molecule has 1 fully saturated rings. The van der Waals surface area contributed by atoms with Gasteiger partial charge in [-0.25, -0.2) is 0 Å². The second-order valence-electron chi connectivity index (χ2n) is 4.96. The van der Waals surface area contributed by atoms with E-state index < -0.39 is 0 Å². The summed E-state index contributed by atoms with van der Waals surface area (Å²) in [5.74, 6) is -0.0324. The molecule has 1 aliphatic rings. The van der Waals surface area contributed by atoms with E-state index in [2.05, 4.69) is 27.7 Å². The van der Waals surface area contributed by atoms with Crippen LogP contribution in [-0.2, 0) is 9.53 Å². The minimum atomic E-state index is -0.0324. The highest BCUT2D eigenvalue weighted by atomic mass is 16.5. The number of carbonyl (C=O) groups excluding carboxylic acids is 1. The number of nitrogens with zero attached hydrogens (tertiary/aromatic N) is 1. The lowest BCUT2D eigenvalue weighted by Crippen LogP contribution is -2.30. The number of carbonyl (C=O) groups is 1. The van der Waals surface area contributed by atoms with Crippen molar-refractivity contribution in [2.45, 2.75) is 12.8 Å². The molecule has 1 aromatic rings. The van der Waals surface area contributed by atoms with Gasteiger partial charge in [-0.2, -0.15) is 0 Å². The highest BCUT2D eigenvalue weighted by Crippen LogP contribution is 2.21. The Kier molecular flexibility index (Phi) is 5.83. The number of benzene rings is 1. The smallest absolute Gasteiger partial charge is 0.238 e. The molecule has 0 bridgehead atoms. The Morgan fingerprint density at radius 1 is 1.25 bits per heavy atom. The number of amides is 1. The molecule has 5 heteroatoms. The molecule has 0 aromatic heterocycles. The Balaban J connectivity index is 1.76. The van der Waals surface area contributed by atoms with Crippen LogP contribution in [0.5, 0.6) is 0 Å². The van der Waals surface area contributed by atoms with Crippen molar-refractivity contribution >= 4 is 17.3 Å². The largest absolute Gasteiger partial charge is 0.383 e. The summed E-state index contributed by atoms with van der Waals surface area (Å²) in [6.45, 7) is 3.86. The molecule has 0 saturated carbocycles. The van der Waals surface area contributed by atoms with E-state index in [0.29, 0.717) is 19.7 Å². The average molecular weight is 277 g/mol. The van der Waals surface area contributed by atoms with Crippen LogP contribution in [0.3, 0.4) is 0 Å². The van der Waals surface area contributed by atoms with Crippen LogP contribution < -0.4 is 15.5 Å². The summed E-state index contributed by atoms with van der Waals surface area (Å²) in [6, 6.07) is 8.06. The van der Waals surface area contributed by atoms with Gasteiger partial charge in [0.2, 0.25) is 5.91 Å². The lowest BCUT2D eigenvalue weighted by molar-refractivity contribution is -0.115. The number of rotatable bonds is 7. The summed E-state index contributed by atoms with van der Waals surface area (Å²) in [4.78, 5) is 14.1. The number of nitrogens with one attached hydrogen (secondary N) is 2. The topological polar surface area (TPSA) is 53.6 Å². The standard InChI is InChI=1S/C15H23N3O2/c1-20-11-8-16-12-15(19)17-13-4-6-14(7-5-13)18-9-2-3-10-18/h4-7,16H,2-3,8-12H2,1H3,(H,17,19). The van der Waals surface area contributed by atoms with Crippen LogP contribution in [0.25, 0.3) is 0 Å². The molecule has 0 aliphatic carbocycles. The Bertz CT molecular complexity index is 414. The Labute approximate surface area is 120 Å². The molecular formula is C15H23N3O2. The predicted molar refractivity (Wildman–Crippen MR) is 81.3 cm³/mol. The maximum Gasteiger partial charge on any atom is 0.238 e. The molecule has 2 rings (SSSR count). The predicted octanol–water partition coefficient (Wildman–Crippen LogP) is 1.46. The first-order chi connectivity index (χ1) is 9.79. The molecule has 0 atom stereocenters. The van der Waals surface area contributed by atoms with Gasteiger partial charge in [0, 0.05) is 38.1 Å². The zero-order chi connectivity index (χ0) is 14.2. The number of ether oxygens (including phenoxy) is 1. The first-order valence-electron chi connectivity index (χ1n) is 7.14. The van der Waals surface area contributed by atoms with Gasteiger partial charge < -0.3 is 20.3 Å². The summed E-state index contributed by atoms with van der Waals surface area (Å²) in [7, 11) is 1.64. The van der Waals surface area contributed by atoms with Gasteiger partial charge in [-0.1, -0.05) is 0 Å². The lowest BCUT2D eigenvalue weighted by atomic mass is 10.2. The van der Waals surface area contributed by atoms with Crippen molar-refractivity contribution in [3.63, 3.8) is 0 Å². The van der Waals surface area contributed by atoms with Crippen LogP contribution in [0.15, 0.2) is 24.3 Å². The van der Waals surface area contributed by atoms with Gasteiger partial charge in [-0.15, -0.1) is 0 Å². The quantitative estimate of drug-likeness (QED) is 0.741. The average Bonchev–Trinajstić information content (AvgIpc) is 2.99. The van der Waals surface area contributed by atoms with Gasteiger partial charge >= 0.3 is 0 Å². The van der Waals surface area contributed by atoms with Crippen LogP contribution in [0.2, 0.25) is 0 Å². The number of anilines is 2. The summed E-state index contributed by atoms with van der Waals surface area (Å²) in [5, 5.41) is 5.89. The van der Waals surface area contributed by atoms with Gasteiger partial charge in [0.1, 0.15) is 0 Å². The van der Waals surface area contributed by atoms with Gasteiger partial charge in [-0.3, -0.25) is 4.79 Å². The van der Waals surface area contributed by atoms with E-state index in [1.807, 2.05) is 12.1 Å². The second-order valence-corrected chi connectivity index (χ2v) is 4.96. The van der Waals surface area contributed by atoms with Crippen molar-refractivity contribution in [1.29, 1.82) is 0 Å². The molecule has 0 unspecified atom stereocenters. The lowest BCUT2D eigenvalue weighted by Gasteiger charge is -2.17. The second kappa shape index (κ2) is 7.87. The van der Waals surface area contributed by atoms with Crippen molar-refractivity contribution in [1.82, 2.24) is 5.32 Å². The molecule has 1 saturated heterocycles. The number of methoxy groups -OCH3 is 1. The zero-order valence-corrected chi connectivity index (χ0v) is 12.0. The van der Waals surface area contributed by atoms with E-state index >= 15 is 0 Å². The summed E-state index contributed by atoms with van der Waals surface area (Å²) in [6.07, 6.45) is 2.54. The normalized spacial score (nSPS) is 14.6. The molecule has 110 valence electrons. The van der Waals surface area contributed by atoms with Crippen molar-refractivity contribution in [3.8, 4) is 0 Å². The molecule has 20 heavy (non-hydrogen) atoms. The molecule has 1 aromatic carbocycles. The van der Waals surface area contributed by atoms with Crippen molar-refractivity contribution in [3.05, 3.63) is 24.3 Å². The van der Waals surface area contributed by atoms with E-state index in [-0.39, 0.29) is 5.91 Å². The van der Waals surface area contributed by atoms with Gasteiger partial charge in [0.05, 0.1) is 13.2 Å². The highest BCUT2D eigenvalue weighted by Gasteiger charge is 2.11. The van der Waals surface area contributed by atoms with E-state index in [1.54, 1.807) is 7.11 Å². The van der Waals surface area contributed by atoms with Crippen molar-refractivity contribution < 1.29 is 9.53 Å². The molecule has 0 spiro atoms. The third kappa shape index (κ3) is 4.51. The SMILES string of the molecule is COCCNCC(=O)Nc1ccc(N2CCCC2)cc1. The van der Waals surface area contributed by atoms with Crippen molar-refractivity contribution in [2.75, 3.05) is 50.1 Å². The van der Waals surface area contributed by atoms with Crippen LogP contribution in [0, 0.1) is 0 Å². The van der Waals surface area contributed by atoms with Gasteiger partial charge in [0.15, 0.2) is 0 Å². The summed E-state index contributed by atoms with van der Waals surface area (Å²) in [5.41, 5.74) is 2.07. The fourth-order valence-electron chi connectivity index (χ4n) is 2.31. The number of hydrogen-bond donors (Lipinski definition) is 2. The maximum absolute atomic E-state index is 11.7. The van der Waals surface area contributed by atoms with Crippen LogP contribution in [0.4, 0.5) is 11.4 Å². The van der Waals surface area contributed by atoms with E-state index in [0.717, 1.165) is 18.8 Å². The zero-order valence-electron chi connectivity index (χ0n) is 12.0. The number of hydrogen-bond acceptors (Lipinski definition) is 4. The van der Waals surface area contributed by atoms with Crippen molar-refractivity contribution in [2.24, 2.45) is 0 Å². The van der Waals surface area contributed by atoms with Crippen LogP contribution >= 0.6 is 0 Å². The summed E-state index contributed by atoms with van der Waals surface area (Å²) < 4.78 is 4.90. The Morgan fingerprint density at radius 2 is 1.95 bits per heavy atom. The third-order valence-corrected chi connectivity index (χ3v) is 3.39. The van der Waals surface area contributed by atoms with E-state index in [9.17, 15) is 4.79 Å². The first-order valence-corrected chi connectivity index (χ1v) is 7.14. The maximum atomic E-state index is 11.7.